The molecule has 2 aliphatic rings. The van der Waals surface area contributed by atoms with Crippen LogP contribution >= 0.6 is 0 Å². The Morgan fingerprint density at radius 3 is 2.29 bits per heavy atom. The van der Waals surface area contributed by atoms with Crippen LogP contribution in [0.4, 0.5) is 5.69 Å². The van der Waals surface area contributed by atoms with E-state index in [-0.39, 0.29) is 23.0 Å². The summed E-state index contributed by atoms with van der Waals surface area (Å²) >= 11 is 0. The molecule has 1 spiro atoms. The third-order valence-electron chi connectivity index (χ3n) is 4.98. The fraction of sp³-hybridized carbons (Fsp3) is 0.529. The van der Waals surface area contributed by atoms with E-state index in [0.717, 1.165) is 25.7 Å². The van der Waals surface area contributed by atoms with Crippen molar-refractivity contribution in [3.05, 3.63) is 23.8 Å². The lowest BCUT2D eigenvalue weighted by molar-refractivity contribution is -0.134. The predicted molar refractivity (Wildman–Crippen MR) is 80.1 cm³/mol. The maximum absolute atomic E-state index is 12.6. The normalized spacial score (nSPS) is 21.9. The van der Waals surface area contributed by atoms with Crippen molar-refractivity contribution in [1.29, 1.82) is 0 Å². The van der Waals surface area contributed by atoms with E-state index < -0.39 is 0 Å². The summed E-state index contributed by atoms with van der Waals surface area (Å²) in [6, 6.07) is 4.97. The van der Waals surface area contributed by atoms with Gasteiger partial charge in [0.05, 0.1) is 5.69 Å². The van der Waals surface area contributed by atoms with Gasteiger partial charge in [-0.3, -0.25) is 14.5 Å². The fourth-order valence-electron chi connectivity index (χ4n) is 3.78. The number of phenolic OH excluding ortho intramolecular Hbond substituents is 1. The molecule has 1 aliphatic carbocycles. The van der Waals surface area contributed by atoms with Gasteiger partial charge in [-0.2, -0.15) is 0 Å². The maximum Gasteiger partial charge on any atom is 0.234 e. The minimum atomic E-state index is -0.123. The summed E-state index contributed by atoms with van der Waals surface area (Å²) in [5.74, 6) is -0.130. The summed E-state index contributed by atoms with van der Waals surface area (Å²) in [4.78, 5) is 26.4. The van der Waals surface area contributed by atoms with Crippen molar-refractivity contribution in [3.8, 4) is 5.75 Å². The SMILES string of the molecule is Cc1c(O)cccc1N1C(=O)CC2(CCCCC2)CC1=O. The van der Waals surface area contributed by atoms with Crippen LogP contribution in [-0.2, 0) is 9.59 Å². The molecule has 0 atom stereocenters. The Morgan fingerprint density at radius 2 is 1.67 bits per heavy atom. The first-order valence-corrected chi connectivity index (χ1v) is 7.67. The number of carbonyl (C=O) groups excluding carboxylic acids is 2. The van der Waals surface area contributed by atoms with Crippen molar-refractivity contribution in [2.24, 2.45) is 5.41 Å². The van der Waals surface area contributed by atoms with E-state index in [4.69, 9.17) is 0 Å². The molecule has 1 N–H and O–H groups in total. The highest BCUT2D eigenvalue weighted by molar-refractivity contribution is 6.17. The van der Waals surface area contributed by atoms with Crippen LogP contribution in [0.1, 0.15) is 50.5 Å². The second-order valence-corrected chi connectivity index (χ2v) is 6.46. The van der Waals surface area contributed by atoms with Crippen LogP contribution in [-0.4, -0.2) is 16.9 Å². The number of piperidine rings is 1. The zero-order valence-electron chi connectivity index (χ0n) is 12.4. The number of hydrogen-bond donors (Lipinski definition) is 1. The number of anilines is 1. The molecule has 2 amide bonds. The molecule has 0 bridgehead atoms. The zero-order chi connectivity index (χ0) is 15.0. The minimum absolute atomic E-state index is 0.104. The largest absolute Gasteiger partial charge is 0.508 e. The van der Waals surface area contributed by atoms with Crippen molar-refractivity contribution in [2.75, 3.05) is 4.90 Å². The number of phenols is 1. The Kier molecular flexibility index (Phi) is 3.47. The summed E-state index contributed by atoms with van der Waals surface area (Å²) in [7, 11) is 0. The molecule has 0 radical (unpaired) electrons. The molecule has 21 heavy (non-hydrogen) atoms. The highest BCUT2D eigenvalue weighted by Gasteiger charge is 2.44. The van der Waals surface area contributed by atoms with E-state index in [1.807, 2.05) is 0 Å². The Hall–Kier alpha value is -1.84. The quantitative estimate of drug-likeness (QED) is 0.806. The van der Waals surface area contributed by atoms with Gasteiger partial charge in [0, 0.05) is 18.4 Å². The molecule has 1 aromatic carbocycles. The fourth-order valence-corrected chi connectivity index (χ4v) is 3.78. The van der Waals surface area contributed by atoms with Gasteiger partial charge in [0.15, 0.2) is 0 Å². The lowest BCUT2D eigenvalue weighted by Gasteiger charge is -2.42. The number of rotatable bonds is 1. The molecule has 1 saturated carbocycles. The van der Waals surface area contributed by atoms with Crippen molar-refractivity contribution >= 4 is 17.5 Å². The molecule has 1 saturated heterocycles. The predicted octanol–water partition coefficient (Wildman–Crippen LogP) is 3.30. The van der Waals surface area contributed by atoms with E-state index in [1.54, 1.807) is 25.1 Å². The third-order valence-corrected chi connectivity index (χ3v) is 4.98. The summed E-state index contributed by atoms with van der Waals surface area (Å²) < 4.78 is 0. The van der Waals surface area contributed by atoms with Crippen LogP contribution in [0, 0.1) is 12.3 Å². The number of hydrogen-bond acceptors (Lipinski definition) is 3. The van der Waals surface area contributed by atoms with Crippen molar-refractivity contribution in [3.63, 3.8) is 0 Å². The van der Waals surface area contributed by atoms with Gasteiger partial charge in [0.1, 0.15) is 5.75 Å². The van der Waals surface area contributed by atoms with Crippen LogP contribution < -0.4 is 4.90 Å². The highest BCUT2D eigenvalue weighted by Crippen LogP contribution is 2.46. The highest BCUT2D eigenvalue weighted by atomic mass is 16.3. The molecule has 0 unspecified atom stereocenters. The molecule has 1 aromatic rings. The Balaban J connectivity index is 1.90. The number of amides is 2. The van der Waals surface area contributed by atoms with Crippen molar-refractivity contribution in [1.82, 2.24) is 0 Å². The second kappa shape index (κ2) is 5.17. The van der Waals surface area contributed by atoms with Crippen LogP contribution in [0.3, 0.4) is 0 Å². The minimum Gasteiger partial charge on any atom is -0.508 e. The molecule has 2 fully saturated rings. The molecular weight excluding hydrogens is 266 g/mol. The van der Waals surface area contributed by atoms with Crippen LogP contribution in [0.25, 0.3) is 0 Å². The summed E-state index contributed by atoms with van der Waals surface area (Å²) in [5.41, 5.74) is 1.00. The topological polar surface area (TPSA) is 57.6 Å². The molecule has 0 aromatic heterocycles. The number of nitrogens with zero attached hydrogens (tertiary/aromatic N) is 1. The van der Waals surface area contributed by atoms with Gasteiger partial charge >= 0.3 is 0 Å². The molecule has 4 heteroatoms. The number of carbonyl (C=O) groups is 2. The van der Waals surface area contributed by atoms with Crippen LogP contribution in [0.2, 0.25) is 0 Å². The van der Waals surface area contributed by atoms with Gasteiger partial charge in [-0.15, -0.1) is 0 Å². The average molecular weight is 287 g/mol. The first-order chi connectivity index (χ1) is 10.0. The van der Waals surface area contributed by atoms with Crippen molar-refractivity contribution < 1.29 is 14.7 Å². The number of imide groups is 1. The standard InChI is InChI=1S/C17H21NO3/c1-12-13(6-5-7-14(12)19)18-15(20)10-17(11-16(18)21)8-3-2-4-9-17/h5-7,19H,2-4,8-11H2,1H3. The molecule has 3 rings (SSSR count). The van der Waals surface area contributed by atoms with Crippen molar-refractivity contribution in [2.45, 2.75) is 51.9 Å². The molecule has 1 aliphatic heterocycles. The first kappa shape index (κ1) is 14.1. The molecular formula is C17H21NO3. The maximum atomic E-state index is 12.6. The van der Waals surface area contributed by atoms with E-state index in [2.05, 4.69) is 0 Å². The summed E-state index contributed by atoms with van der Waals surface area (Å²) in [6.07, 6.45) is 6.31. The lowest BCUT2D eigenvalue weighted by atomic mass is 9.67. The van der Waals surface area contributed by atoms with Gasteiger partial charge in [0.25, 0.3) is 0 Å². The monoisotopic (exact) mass is 287 g/mol. The van der Waals surface area contributed by atoms with Gasteiger partial charge in [0.2, 0.25) is 11.8 Å². The average Bonchev–Trinajstić information content (AvgIpc) is 2.43. The molecule has 1 heterocycles. The van der Waals surface area contributed by atoms with E-state index in [9.17, 15) is 14.7 Å². The van der Waals surface area contributed by atoms with Gasteiger partial charge in [-0.25, -0.2) is 0 Å². The Morgan fingerprint density at radius 1 is 1.05 bits per heavy atom. The smallest absolute Gasteiger partial charge is 0.234 e. The van der Waals surface area contributed by atoms with Gasteiger partial charge in [-0.1, -0.05) is 25.3 Å². The molecule has 4 nitrogen and oxygen atoms in total. The first-order valence-electron chi connectivity index (χ1n) is 7.67. The number of benzene rings is 1. The second-order valence-electron chi connectivity index (χ2n) is 6.46. The summed E-state index contributed by atoms with van der Waals surface area (Å²) in [6.45, 7) is 1.73. The van der Waals surface area contributed by atoms with Gasteiger partial charge < -0.3 is 5.11 Å². The summed E-state index contributed by atoms with van der Waals surface area (Å²) in [5, 5.41) is 9.80. The van der Waals surface area contributed by atoms with Gasteiger partial charge in [-0.05, 0) is 37.3 Å². The Labute approximate surface area is 124 Å². The van der Waals surface area contributed by atoms with E-state index >= 15 is 0 Å². The van der Waals surface area contributed by atoms with Crippen LogP contribution in [0.5, 0.6) is 5.75 Å². The van der Waals surface area contributed by atoms with E-state index in [0.29, 0.717) is 24.1 Å². The third kappa shape index (κ3) is 2.43. The Bertz CT molecular complexity index is 568. The molecule has 112 valence electrons. The number of aromatic hydroxyl groups is 1. The lowest BCUT2D eigenvalue weighted by Crippen LogP contribution is -2.49. The van der Waals surface area contributed by atoms with Crippen LogP contribution in [0.15, 0.2) is 18.2 Å². The zero-order valence-corrected chi connectivity index (χ0v) is 12.4. The van der Waals surface area contributed by atoms with E-state index in [1.165, 1.54) is 11.3 Å².